The summed E-state index contributed by atoms with van der Waals surface area (Å²) < 4.78 is 2.00. The van der Waals surface area contributed by atoms with Crippen LogP contribution >= 0.6 is 0 Å². The van der Waals surface area contributed by atoms with Crippen LogP contribution in [0.2, 0.25) is 0 Å². The average Bonchev–Trinajstić information content (AvgIpc) is 2.73. The second kappa shape index (κ2) is 4.30. The normalized spacial score (nSPS) is 10.5. The lowest BCUT2D eigenvalue weighted by Crippen LogP contribution is -1.94. The number of nitrogens with zero attached hydrogens (tertiary/aromatic N) is 2. The van der Waals surface area contributed by atoms with Crippen LogP contribution in [0.4, 0.5) is 0 Å². The molecular formula is C13H16N2. The number of benzene rings is 1. The van der Waals surface area contributed by atoms with Crippen LogP contribution in [-0.2, 0) is 13.0 Å². The Hall–Kier alpha value is -1.57. The van der Waals surface area contributed by atoms with Gasteiger partial charge in [0.25, 0.3) is 0 Å². The molecule has 0 aliphatic heterocycles. The second-order valence-corrected chi connectivity index (χ2v) is 3.56. The zero-order valence-electron chi connectivity index (χ0n) is 9.27. The number of aromatic nitrogens is 2. The molecule has 0 bridgehead atoms. The summed E-state index contributed by atoms with van der Waals surface area (Å²) in [5.41, 5.74) is 3.71. The van der Waals surface area contributed by atoms with E-state index in [1.165, 1.54) is 16.8 Å². The molecule has 2 heteroatoms. The third-order valence-corrected chi connectivity index (χ3v) is 2.58. The molecule has 0 amide bonds. The van der Waals surface area contributed by atoms with Crippen molar-refractivity contribution in [2.45, 2.75) is 26.8 Å². The van der Waals surface area contributed by atoms with Gasteiger partial charge in [-0.15, -0.1) is 0 Å². The fourth-order valence-corrected chi connectivity index (χ4v) is 1.74. The quantitative estimate of drug-likeness (QED) is 0.744. The second-order valence-electron chi connectivity index (χ2n) is 3.56. The highest BCUT2D eigenvalue weighted by Gasteiger charge is 2.07. The number of rotatable bonds is 3. The van der Waals surface area contributed by atoms with E-state index in [1.807, 2.05) is 10.7 Å². The van der Waals surface area contributed by atoms with Crippen LogP contribution in [0.15, 0.2) is 36.5 Å². The zero-order valence-corrected chi connectivity index (χ0v) is 9.27. The molecular weight excluding hydrogens is 184 g/mol. The third kappa shape index (κ3) is 1.94. The summed E-state index contributed by atoms with van der Waals surface area (Å²) in [7, 11) is 0. The predicted octanol–water partition coefficient (Wildman–Crippen LogP) is 3.13. The van der Waals surface area contributed by atoms with E-state index >= 15 is 0 Å². The van der Waals surface area contributed by atoms with E-state index in [2.05, 4.69) is 49.4 Å². The monoisotopic (exact) mass is 200 g/mol. The molecule has 0 aliphatic rings. The van der Waals surface area contributed by atoms with Crippen LogP contribution in [0, 0.1) is 0 Å². The van der Waals surface area contributed by atoms with E-state index < -0.39 is 0 Å². The minimum atomic E-state index is 0.930. The molecule has 1 aromatic carbocycles. The van der Waals surface area contributed by atoms with Crippen LogP contribution in [-0.4, -0.2) is 9.78 Å². The molecule has 0 fully saturated rings. The summed E-state index contributed by atoms with van der Waals surface area (Å²) in [6, 6.07) is 10.4. The predicted molar refractivity (Wildman–Crippen MR) is 62.7 cm³/mol. The van der Waals surface area contributed by atoms with Crippen molar-refractivity contribution >= 4 is 0 Å². The van der Waals surface area contributed by atoms with Gasteiger partial charge in [-0.1, -0.05) is 37.3 Å². The Morgan fingerprint density at radius 3 is 2.47 bits per heavy atom. The first-order valence-corrected chi connectivity index (χ1v) is 5.47. The Labute approximate surface area is 90.6 Å². The van der Waals surface area contributed by atoms with Crippen molar-refractivity contribution in [2.24, 2.45) is 0 Å². The van der Waals surface area contributed by atoms with Gasteiger partial charge in [-0.2, -0.15) is 5.10 Å². The highest BCUT2D eigenvalue weighted by atomic mass is 15.3. The van der Waals surface area contributed by atoms with E-state index in [1.54, 1.807) is 0 Å². The van der Waals surface area contributed by atoms with Gasteiger partial charge in [-0.05, 0) is 18.9 Å². The fourth-order valence-electron chi connectivity index (χ4n) is 1.74. The summed E-state index contributed by atoms with van der Waals surface area (Å²) in [5, 5.41) is 4.54. The lowest BCUT2D eigenvalue weighted by Gasteiger charge is -1.98. The van der Waals surface area contributed by atoms with Crippen molar-refractivity contribution in [1.82, 2.24) is 9.78 Å². The van der Waals surface area contributed by atoms with E-state index in [9.17, 15) is 0 Å². The molecule has 0 aliphatic carbocycles. The molecule has 2 aromatic rings. The summed E-state index contributed by atoms with van der Waals surface area (Å²) >= 11 is 0. The molecule has 0 saturated heterocycles. The van der Waals surface area contributed by atoms with Crippen LogP contribution in [0.25, 0.3) is 11.1 Å². The van der Waals surface area contributed by atoms with Crippen molar-refractivity contribution in [3.8, 4) is 11.1 Å². The fraction of sp³-hybridized carbons (Fsp3) is 0.308. The summed E-state index contributed by atoms with van der Waals surface area (Å²) in [6.07, 6.45) is 3.12. The summed E-state index contributed by atoms with van der Waals surface area (Å²) in [5.74, 6) is 0. The number of aryl methyl sites for hydroxylation is 2. The molecule has 0 atom stereocenters. The highest BCUT2D eigenvalue weighted by Crippen LogP contribution is 2.22. The standard InChI is InChI=1S/C13H16N2/c1-3-13-12(10-15(4-2)14-13)11-8-6-5-7-9-11/h5-10H,3-4H2,1-2H3. The highest BCUT2D eigenvalue weighted by molar-refractivity contribution is 5.65. The Bertz CT molecular complexity index is 429. The minimum Gasteiger partial charge on any atom is -0.272 e. The molecule has 15 heavy (non-hydrogen) atoms. The van der Waals surface area contributed by atoms with Gasteiger partial charge >= 0.3 is 0 Å². The number of hydrogen-bond acceptors (Lipinski definition) is 1. The van der Waals surface area contributed by atoms with Crippen LogP contribution in [0.1, 0.15) is 19.5 Å². The maximum Gasteiger partial charge on any atom is 0.0700 e. The largest absolute Gasteiger partial charge is 0.272 e. The van der Waals surface area contributed by atoms with Crippen molar-refractivity contribution < 1.29 is 0 Å². The van der Waals surface area contributed by atoms with Crippen molar-refractivity contribution in [1.29, 1.82) is 0 Å². The Morgan fingerprint density at radius 1 is 1.13 bits per heavy atom. The molecule has 1 aromatic heterocycles. The topological polar surface area (TPSA) is 17.8 Å². The van der Waals surface area contributed by atoms with Gasteiger partial charge in [0.05, 0.1) is 5.69 Å². The molecule has 2 nitrogen and oxygen atoms in total. The van der Waals surface area contributed by atoms with Gasteiger partial charge < -0.3 is 0 Å². The first-order valence-electron chi connectivity index (χ1n) is 5.47. The van der Waals surface area contributed by atoms with Crippen LogP contribution in [0.3, 0.4) is 0 Å². The summed E-state index contributed by atoms with van der Waals surface area (Å²) in [4.78, 5) is 0. The zero-order chi connectivity index (χ0) is 10.7. The molecule has 0 unspecified atom stereocenters. The van der Waals surface area contributed by atoms with Gasteiger partial charge in [-0.3, -0.25) is 4.68 Å². The minimum absolute atomic E-state index is 0.930. The lowest BCUT2D eigenvalue weighted by molar-refractivity contribution is 0.648. The van der Waals surface area contributed by atoms with Crippen molar-refractivity contribution in [2.75, 3.05) is 0 Å². The smallest absolute Gasteiger partial charge is 0.0700 e. The Kier molecular flexibility index (Phi) is 2.86. The molecule has 0 N–H and O–H groups in total. The first-order chi connectivity index (χ1) is 7.35. The molecule has 1 heterocycles. The molecule has 2 rings (SSSR count). The van der Waals surface area contributed by atoms with Gasteiger partial charge in [0.1, 0.15) is 0 Å². The molecule has 0 saturated carbocycles. The molecule has 78 valence electrons. The van der Waals surface area contributed by atoms with E-state index in [4.69, 9.17) is 0 Å². The maximum atomic E-state index is 4.54. The van der Waals surface area contributed by atoms with Gasteiger partial charge in [-0.25, -0.2) is 0 Å². The van der Waals surface area contributed by atoms with Gasteiger partial charge in [0.15, 0.2) is 0 Å². The van der Waals surface area contributed by atoms with E-state index in [0.717, 1.165) is 13.0 Å². The maximum absolute atomic E-state index is 4.54. The Balaban J connectivity index is 2.47. The van der Waals surface area contributed by atoms with Crippen molar-refractivity contribution in [3.63, 3.8) is 0 Å². The average molecular weight is 200 g/mol. The van der Waals surface area contributed by atoms with Gasteiger partial charge in [0, 0.05) is 18.3 Å². The molecule has 0 spiro atoms. The van der Waals surface area contributed by atoms with E-state index in [0.29, 0.717) is 0 Å². The lowest BCUT2D eigenvalue weighted by atomic mass is 10.1. The Morgan fingerprint density at radius 2 is 1.87 bits per heavy atom. The van der Waals surface area contributed by atoms with Crippen LogP contribution < -0.4 is 0 Å². The summed E-state index contributed by atoms with van der Waals surface area (Å²) in [6.45, 7) is 5.19. The van der Waals surface area contributed by atoms with Crippen molar-refractivity contribution in [3.05, 3.63) is 42.2 Å². The third-order valence-electron chi connectivity index (χ3n) is 2.58. The number of hydrogen-bond donors (Lipinski definition) is 0. The SMILES string of the molecule is CCc1nn(CC)cc1-c1ccccc1. The van der Waals surface area contributed by atoms with E-state index in [-0.39, 0.29) is 0 Å². The molecule has 0 radical (unpaired) electrons. The van der Waals surface area contributed by atoms with Gasteiger partial charge in [0.2, 0.25) is 0 Å². The first kappa shape index (κ1) is 9.97. The van der Waals surface area contributed by atoms with Crippen LogP contribution in [0.5, 0.6) is 0 Å².